The second-order valence-corrected chi connectivity index (χ2v) is 4.98. The normalized spacial score (nSPS) is 12.1. The molecule has 104 valence electrons. The van der Waals surface area contributed by atoms with Gasteiger partial charge < -0.3 is 5.73 Å². The van der Waals surface area contributed by atoms with Crippen molar-refractivity contribution in [1.29, 1.82) is 0 Å². The molecular weight excluding hydrogens is 252 g/mol. The number of benzene rings is 2. The monoisotopic (exact) mass is 270 g/mol. The van der Waals surface area contributed by atoms with Gasteiger partial charge in [-0.3, -0.25) is 10.1 Å². The molecule has 0 aromatic heterocycles. The van der Waals surface area contributed by atoms with Crippen LogP contribution in [0.15, 0.2) is 48.5 Å². The Bertz CT molecular complexity index is 611. The highest BCUT2D eigenvalue weighted by Gasteiger charge is 2.15. The number of rotatable bonds is 5. The Kier molecular flexibility index (Phi) is 4.48. The summed E-state index contributed by atoms with van der Waals surface area (Å²) in [7, 11) is 0. The number of hydrogen-bond donors (Lipinski definition) is 1. The number of nitrogens with two attached hydrogens (primary N) is 1. The Morgan fingerprint density at radius 2 is 1.60 bits per heavy atom. The lowest BCUT2D eigenvalue weighted by Gasteiger charge is -2.13. The number of nitro benzene ring substituents is 1. The van der Waals surface area contributed by atoms with Gasteiger partial charge in [0.25, 0.3) is 5.69 Å². The molecule has 0 saturated carbocycles. The Balaban J connectivity index is 2.11. The van der Waals surface area contributed by atoms with E-state index >= 15 is 0 Å². The van der Waals surface area contributed by atoms with E-state index in [9.17, 15) is 10.1 Å². The molecule has 0 amide bonds. The summed E-state index contributed by atoms with van der Waals surface area (Å²) in [6, 6.07) is 14.7. The highest BCUT2D eigenvalue weighted by atomic mass is 16.6. The molecule has 4 nitrogen and oxygen atoms in total. The second kappa shape index (κ2) is 6.30. The molecule has 0 aliphatic carbocycles. The summed E-state index contributed by atoms with van der Waals surface area (Å²) in [5.74, 6) is 0. The zero-order valence-corrected chi connectivity index (χ0v) is 11.5. The van der Waals surface area contributed by atoms with Crippen molar-refractivity contribution in [3.63, 3.8) is 0 Å². The van der Waals surface area contributed by atoms with Crippen molar-refractivity contribution < 1.29 is 4.92 Å². The van der Waals surface area contributed by atoms with Crippen molar-refractivity contribution in [3.05, 3.63) is 75.3 Å². The molecule has 0 bridgehead atoms. The van der Waals surface area contributed by atoms with E-state index < -0.39 is 0 Å². The fourth-order valence-corrected chi connectivity index (χ4v) is 2.34. The van der Waals surface area contributed by atoms with Gasteiger partial charge in [-0.15, -0.1) is 0 Å². The maximum atomic E-state index is 11.0. The van der Waals surface area contributed by atoms with Gasteiger partial charge in [0.05, 0.1) is 4.92 Å². The molecule has 0 aliphatic rings. The van der Waals surface area contributed by atoms with Crippen molar-refractivity contribution in [3.8, 4) is 0 Å². The topological polar surface area (TPSA) is 69.2 Å². The molecule has 0 heterocycles. The van der Waals surface area contributed by atoms with Crippen LogP contribution in [0, 0.1) is 17.0 Å². The predicted octanol–water partition coefficient (Wildman–Crippen LogP) is 3.02. The molecule has 2 N–H and O–H groups in total. The first kappa shape index (κ1) is 14.2. The maximum absolute atomic E-state index is 11.0. The number of aryl methyl sites for hydroxylation is 1. The molecule has 0 aliphatic heterocycles. The van der Waals surface area contributed by atoms with E-state index in [4.69, 9.17) is 5.73 Å². The number of nitrogens with zero attached hydrogens (tertiary/aromatic N) is 1. The van der Waals surface area contributed by atoms with Gasteiger partial charge in [0.15, 0.2) is 0 Å². The standard InChI is InChI=1S/C16H18N2O2/c1-12-6-2-3-7-13(12)10-15(17)11-14-8-4-5-9-16(14)18(19)20/h2-9,15H,10-11,17H2,1H3. The second-order valence-electron chi connectivity index (χ2n) is 4.98. The van der Waals surface area contributed by atoms with E-state index in [1.165, 1.54) is 17.2 Å². The Labute approximate surface area is 118 Å². The summed E-state index contributed by atoms with van der Waals surface area (Å²) >= 11 is 0. The fraction of sp³-hybridized carbons (Fsp3) is 0.250. The van der Waals surface area contributed by atoms with Gasteiger partial charge in [0.1, 0.15) is 0 Å². The molecule has 1 unspecified atom stereocenters. The van der Waals surface area contributed by atoms with Crippen LogP contribution in [0.5, 0.6) is 0 Å². The predicted molar refractivity (Wildman–Crippen MR) is 79.7 cm³/mol. The van der Waals surface area contributed by atoms with Crippen molar-refractivity contribution in [2.45, 2.75) is 25.8 Å². The van der Waals surface area contributed by atoms with E-state index in [0.717, 1.165) is 6.42 Å². The van der Waals surface area contributed by atoms with Crippen molar-refractivity contribution in [1.82, 2.24) is 0 Å². The van der Waals surface area contributed by atoms with Crippen molar-refractivity contribution in [2.75, 3.05) is 0 Å². The zero-order chi connectivity index (χ0) is 14.5. The summed E-state index contributed by atoms with van der Waals surface area (Å²) in [6.07, 6.45) is 1.23. The lowest BCUT2D eigenvalue weighted by Crippen LogP contribution is -2.26. The Hall–Kier alpha value is -2.20. The van der Waals surface area contributed by atoms with Gasteiger partial charge >= 0.3 is 0 Å². The molecule has 20 heavy (non-hydrogen) atoms. The summed E-state index contributed by atoms with van der Waals surface area (Å²) in [5.41, 5.74) is 9.38. The minimum Gasteiger partial charge on any atom is -0.327 e. The smallest absolute Gasteiger partial charge is 0.272 e. The molecular formula is C16H18N2O2. The van der Waals surface area contributed by atoms with Gasteiger partial charge in [-0.2, -0.15) is 0 Å². The van der Waals surface area contributed by atoms with Gasteiger partial charge in [-0.25, -0.2) is 0 Å². The van der Waals surface area contributed by atoms with Crippen LogP contribution in [0.1, 0.15) is 16.7 Å². The largest absolute Gasteiger partial charge is 0.327 e. The summed E-state index contributed by atoms with van der Waals surface area (Å²) < 4.78 is 0. The Morgan fingerprint density at radius 3 is 2.25 bits per heavy atom. The van der Waals surface area contributed by atoms with E-state index in [1.807, 2.05) is 31.2 Å². The third-order valence-corrected chi connectivity index (χ3v) is 3.41. The molecule has 0 saturated heterocycles. The van der Waals surface area contributed by atoms with Gasteiger partial charge in [-0.05, 0) is 30.9 Å². The van der Waals surface area contributed by atoms with E-state index in [-0.39, 0.29) is 16.7 Å². The van der Waals surface area contributed by atoms with E-state index in [2.05, 4.69) is 6.07 Å². The van der Waals surface area contributed by atoms with Crippen LogP contribution in [-0.2, 0) is 12.8 Å². The molecule has 2 aromatic rings. The summed E-state index contributed by atoms with van der Waals surface area (Å²) in [4.78, 5) is 10.6. The van der Waals surface area contributed by atoms with Crippen LogP contribution in [0.25, 0.3) is 0 Å². The average Bonchev–Trinajstić information content (AvgIpc) is 2.41. The molecule has 0 fully saturated rings. The summed E-state index contributed by atoms with van der Waals surface area (Å²) in [6.45, 7) is 2.05. The first-order valence-corrected chi connectivity index (χ1v) is 6.60. The minimum absolute atomic E-state index is 0.128. The first-order chi connectivity index (χ1) is 9.58. The zero-order valence-electron chi connectivity index (χ0n) is 11.5. The molecule has 0 spiro atoms. The lowest BCUT2D eigenvalue weighted by atomic mass is 9.96. The van der Waals surface area contributed by atoms with Crippen LogP contribution in [0.2, 0.25) is 0 Å². The van der Waals surface area contributed by atoms with Crippen molar-refractivity contribution in [2.24, 2.45) is 5.73 Å². The van der Waals surface area contributed by atoms with Gasteiger partial charge in [0, 0.05) is 17.7 Å². The maximum Gasteiger partial charge on any atom is 0.272 e. The van der Waals surface area contributed by atoms with Crippen LogP contribution in [-0.4, -0.2) is 11.0 Å². The molecule has 1 atom stereocenters. The first-order valence-electron chi connectivity index (χ1n) is 6.60. The van der Waals surface area contributed by atoms with Crippen LogP contribution in [0.3, 0.4) is 0 Å². The number of para-hydroxylation sites is 1. The average molecular weight is 270 g/mol. The van der Waals surface area contributed by atoms with Gasteiger partial charge in [0.2, 0.25) is 0 Å². The number of nitro groups is 1. The third kappa shape index (κ3) is 3.42. The highest BCUT2D eigenvalue weighted by Crippen LogP contribution is 2.20. The van der Waals surface area contributed by atoms with E-state index in [0.29, 0.717) is 12.0 Å². The minimum atomic E-state index is -0.351. The lowest BCUT2D eigenvalue weighted by molar-refractivity contribution is -0.385. The molecule has 2 aromatic carbocycles. The van der Waals surface area contributed by atoms with Crippen molar-refractivity contribution >= 4 is 5.69 Å². The van der Waals surface area contributed by atoms with Crippen LogP contribution in [0.4, 0.5) is 5.69 Å². The highest BCUT2D eigenvalue weighted by molar-refractivity contribution is 5.40. The van der Waals surface area contributed by atoms with Crippen LogP contribution < -0.4 is 5.73 Å². The Morgan fingerprint density at radius 1 is 1.05 bits per heavy atom. The van der Waals surface area contributed by atoms with Gasteiger partial charge in [-0.1, -0.05) is 42.5 Å². The van der Waals surface area contributed by atoms with Crippen LogP contribution >= 0.6 is 0 Å². The number of hydrogen-bond acceptors (Lipinski definition) is 3. The van der Waals surface area contributed by atoms with E-state index in [1.54, 1.807) is 12.1 Å². The molecule has 0 radical (unpaired) electrons. The fourth-order valence-electron chi connectivity index (χ4n) is 2.34. The SMILES string of the molecule is Cc1ccccc1CC(N)Cc1ccccc1[N+](=O)[O-]. The summed E-state index contributed by atoms with van der Waals surface area (Å²) in [5, 5.41) is 11.0. The molecule has 4 heteroatoms. The molecule has 2 rings (SSSR count). The quantitative estimate of drug-likeness (QED) is 0.670. The third-order valence-electron chi connectivity index (χ3n) is 3.41.